The molecule has 0 aliphatic rings. The van der Waals surface area contributed by atoms with E-state index in [1.165, 1.54) is 25.1 Å². The van der Waals surface area contributed by atoms with Gasteiger partial charge in [-0.25, -0.2) is 4.98 Å². The third kappa shape index (κ3) is 5.91. The van der Waals surface area contributed by atoms with Gasteiger partial charge in [-0.3, -0.25) is 0 Å². The van der Waals surface area contributed by atoms with Crippen molar-refractivity contribution >= 4 is 60.6 Å². The lowest BCUT2D eigenvalue weighted by atomic mass is 10.1. The Labute approximate surface area is 211 Å². The molecule has 0 radical (unpaired) electrons. The number of azo groups is 1. The standard InChI is InChI=1S/C21H12Br2F6N6/c1-9-13(8-30)19(32-12-4-2-3-10(5-12)20(24,25)26)33-18(31)16(9)34-35-17-14(21(27,28)29)6-11(22)7-15(17)23/h2-7H,1H3,(H3,31,32,33). The number of nitrogens with zero attached hydrogens (tertiary/aromatic N) is 4. The van der Waals surface area contributed by atoms with Crippen molar-refractivity contribution in [3.63, 3.8) is 0 Å². The fourth-order valence-corrected chi connectivity index (χ4v) is 4.27. The van der Waals surface area contributed by atoms with E-state index < -0.39 is 29.2 Å². The molecule has 2 aromatic carbocycles. The number of alkyl halides is 6. The molecule has 3 aromatic rings. The van der Waals surface area contributed by atoms with Gasteiger partial charge in [0.15, 0.2) is 11.6 Å². The zero-order valence-electron chi connectivity index (χ0n) is 17.4. The first-order valence-corrected chi connectivity index (χ1v) is 10.9. The Hall–Kier alpha value is -3.18. The molecule has 182 valence electrons. The highest BCUT2D eigenvalue weighted by Crippen LogP contribution is 2.44. The van der Waals surface area contributed by atoms with Crippen LogP contribution >= 0.6 is 31.9 Å². The molecule has 0 amide bonds. The summed E-state index contributed by atoms with van der Waals surface area (Å²) in [6.07, 6.45) is -9.32. The summed E-state index contributed by atoms with van der Waals surface area (Å²) in [7, 11) is 0. The number of hydrogen-bond acceptors (Lipinski definition) is 6. The largest absolute Gasteiger partial charge is 0.418 e. The van der Waals surface area contributed by atoms with Gasteiger partial charge in [0.1, 0.15) is 17.4 Å². The number of benzene rings is 2. The third-order valence-corrected chi connectivity index (χ3v) is 5.65. The number of aromatic nitrogens is 1. The average molecular weight is 622 g/mol. The van der Waals surface area contributed by atoms with Crippen molar-refractivity contribution < 1.29 is 26.3 Å². The predicted molar refractivity (Wildman–Crippen MR) is 124 cm³/mol. The van der Waals surface area contributed by atoms with E-state index in [2.05, 4.69) is 52.4 Å². The molecule has 0 fully saturated rings. The van der Waals surface area contributed by atoms with Crippen molar-refractivity contribution in [2.24, 2.45) is 10.2 Å². The Balaban J connectivity index is 2.06. The van der Waals surface area contributed by atoms with Gasteiger partial charge >= 0.3 is 12.4 Å². The van der Waals surface area contributed by atoms with E-state index in [9.17, 15) is 31.6 Å². The molecule has 0 spiro atoms. The van der Waals surface area contributed by atoms with Crippen LogP contribution in [-0.4, -0.2) is 4.98 Å². The molecular weight excluding hydrogens is 610 g/mol. The third-order valence-electron chi connectivity index (χ3n) is 4.59. The van der Waals surface area contributed by atoms with Crippen LogP contribution in [0.1, 0.15) is 22.3 Å². The van der Waals surface area contributed by atoms with Crippen LogP contribution in [0.25, 0.3) is 0 Å². The number of nitriles is 1. The second-order valence-electron chi connectivity index (χ2n) is 6.99. The molecule has 14 heteroatoms. The predicted octanol–water partition coefficient (Wildman–Crippen LogP) is 8.57. The lowest BCUT2D eigenvalue weighted by Crippen LogP contribution is -2.07. The maximum absolute atomic E-state index is 13.5. The van der Waals surface area contributed by atoms with Crippen LogP contribution in [0.4, 0.5) is 55.0 Å². The molecule has 35 heavy (non-hydrogen) atoms. The smallest absolute Gasteiger partial charge is 0.382 e. The number of rotatable bonds is 4. The summed E-state index contributed by atoms with van der Waals surface area (Å²) in [5.41, 5.74) is 3.20. The summed E-state index contributed by atoms with van der Waals surface area (Å²) < 4.78 is 79.6. The molecule has 0 aliphatic heterocycles. The number of nitrogens with one attached hydrogen (secondary N) is 1. The molecule has 6 nitrogen and oxygen atoms in total. The molecule has 0 atom stereocenters. The Morgan fingerprint density at radius 2 is 1.66 bits per heavy atom. The average Bonchev–Trinajstić information content (AvgIpc) is 2.73. The number of pyridine rings is 1. The highest BCUT2D eigenvalue weighted by atomic mass is 79.9. The quantitative estimate of drug-likeness (QED) is 0.225. The van der Waals surface area contributed by atoms with E-state index >= 15 is 0 Å². The summed E-state index contributed by atoms with van der Waals surface area (Å²) in [6.45, 7) is 1.41. The van der Waals surface area contributed by atoms with Gasteiger partial charge in [0, 0.05) is 20.2 Å². The maximum atomic E-state index is 13.5. The lowest BCUT2D eigenvalue weighted by Gasteiger charge is -2.14. The zero-order chi connectivity index (χ0) is 26.1. The van der Waals surface area contributed by atoms with Crippen molar-refractivity contribution in [1.29, 1.82) is 5.26 Å². The van der Waals surface area contributed by atoms with Gasteiger partial charge in [-0.05, 0) is 53.2 Å². The van der Waals surface area contributed by atoms with E-state index in [4.69, 9.17) is 5.73 Å². The first-order valence-electron chi connectivity index (χ1n) is 9.34. The Bertz CT molecular complexity index is 1360. The van der Waals surface area contributed by atoms with Crippen LogP contribution in [0.15, 0.2) is 55.6 Å². The highest BCUT2D eigenvalue weighted by Gasteiger charge is 2.35. The number of anilines is 3. The van der Waals surface area contributed by atoms with E-state index in [0.29, 0.717) is 0 Å². The Kier molecular flexibility index (Phi) is 7.42. The normalized spacial score (nSPS) is 12.1. The molecule has 0 unspecified atom stereocenters. The van der Waals surface area contributed by atoms with Gasteiger partial charge in [-0.2, -0.15) is 31.6 Å². The van der Waals surface area contributed by atoms with E-state index in [1.54, 1.807) is 0 Å². The number of hydrogen-bond donors (Lipinski definition) is 2. The summed E-state index contributed by atoms with van der Waals surface area (Å²) in [5.74, 6) is -0.455. The summed E-state index contributed by atoms with van der Waals surface area (Å²) in [6, 6.07) is 8.23. The van der Waals surface area contributed by atoms with Gasteiger partial charge in [0.05, 0.1) is 16.7 Å². The summed E-state index contributed by atoms with van der Waals surface area (Å²) in [4.78, 5) is 3.98. The topological polar surface area (TPSA) is 99.5 Å². The summed E-state index contributed by atoms with van der Waals surface area (Å²) >= 11 is 6.01. The Morgan fingerprint density at radius 3 is 2.26 bits per heavy atom. The first kappa shape index (κ1) is 26.4. The highest BCUT2D eigenvalue weighted by molar-refractivity contribution is 9.11. The molecule has 3 rings (SSSR count). The monoisotopic (exact) mass is 620 g/mol. The SMILES string of the molecule is Cc1c(C#N)c(Nc2cccc(C(F)(F)F)c2)nc(N)c1N=Nc1c(Br)cc(Br)cc1C(F)(F)F. The maximum Gasteiger partial charge on any atom is 0.418 e. The summed E-state index contributed by atoms with van der Waals surface area (Å²) in [5, 5.41) is 19.7. The second kappa shape index (κ2) is 9.82. The molecule has 0 bridgehead atoms. The minimum Gasteiger partial charge on any atom is -0.382 e. The van der Waals surface area contributed by atoms with Gasteiger partial charge in [0.2, 0.25) is 0 Å². The van der Waals surface area contributed by atoms with E-state index in [0.717, 1.165) is 18.2 Å². The van der Waals surface area contributed by atoms with E-state index in [-0.39, 0.29) is 43.1 Å². The van der Waals surface area contributed by atoms with Crippen molar-refractivity contribution in [3.8, 4) is 6.07 Å². The molecule has 3 N–H and O–H groups in total. The zero-order valence-corrected chi connectivity index (χ0v) is 20.5. The minimum absolute atomic E-state index is 0.00419. The van der Waals surface area contributed by atoms with E-state index in [1.807, 2.05) is 6.07 Å². The first-order chi connectivity index (χ1) is 16.2. The van der Waals surface area contributed by atoms with Gasteiger partial charge in [-0.15, -0.1) is 10.2 Å². The van der Waals surface area contributed by atoms with Crippen LogP contribution in [0.2, 0.25) is 0 Å². The lowest BCUT2D eigenvalue weighted by molar-refractivity contribution is -0.138. The number of halogens is 8. The van der Waals surface area contributed by atoms with Crippen LogP contribution in [0.5, 0.6) is 0 Å². The van der Waals surface area contributed by atoms with Crippen LogP contribution < -0.4 is 11.1 Å². The number of nitrogens with two attached hydrogens (primary N) is 1. The molecule has 0 aliphatic carbocycles. The fourth-order valence-electron chi connectivity index (χ4n) is 2.96. The number of nitrogen functional groups attached to an aromatic ring is 1. The molecule has 0 saturated heterocycles. The van der Waals surface area contributed by atoms with Crippen LogP contribution in [0.3, 0.4) is 0 Å². The van der Waals surface area contributed by atoms with Crippen molar-refractivity contribution in [3.05, 3.63) is 67.6 Å². The van der Waals surface area contributed by atoms with Crippen molar-refractivity contribution in [2.45, 2.75) is 19.3 Å². The second-order valence-corrected chi connectivity index (χ2v) is 8.76. The molecule has 1 heterocycles. The van der Waals surface area contributed by atoms with Gasteiger partial charge in [-0.1, -0.05) is 22.0 Å². The van der Waals surface area contributed by atoms with Gasteiger partial charge < -0.3 is 11.1 Å². The fraction of sp³-hybridized carbons (Fsp3) is 0.143. The molecule has 1 aromatic heterocycles. The minimum atomic E-state index is -4.74. The van der Waals surface area contributed by atoms with Crippen LogP contribution in [-0.2, 0) is 12.4 Å². The Morgan fingerprint density at radius 1 is 1.00 bits per heavy atom. The van der Waals surface area contributed by atoms with Crippen molar-refractivity contribution in [2.75, 3.05) is 11.1 Å². The van der Waals surface area contributed by atoms with Crippen LogP contribution in [0, 0.1) is 18.3 Å². The molecular formula is C21H12Br2F6N6. The van der Waals surface area contributed by atoms with Gasteiger partial charge in [0.25, 0.3) is 0 Å². The molecule has 0 saturated carbocycles. The van der Waals surface area contributed by atoms with Crippen molar-refractivity contribution in [1.82, 2.24) is 4.98 Å².